The minimum absolute atomic E-state index is 0.0271. The van der Waals surface area contributed by atoms with Crippen molar-refractivity contribution in [2.24, 2.45) is 5.10 Å². The number of benzene rings is 2. The van der Waals surface area contributed by atoms with Gasteiger partial charge < -0.3 is 10.1 Å². The zero-order chi connectivity index (χ0) is 22.7. The monoisotopic (exact) mass is 459 g/mol. The summed E-state index contributed by atoms with van der Waals surface area (Å²) in [6.45, 7) is 0.250. The van der Waals surface area contributed by atoms with Gasteiger partial charge in [0.2, 0.25) is 5.91 Å². The van der Waals surface area contributed by atoms with E-state index in [4.69, 9.17) is 4.74 Å². The molecule has 0 radical (unpaired) electrons. The van der Waals surface area contributed by atoms with Gasteiger partial charge in [-0.05, 0) is 48.4 Å². The van der Waals surface area contributed by atoms with E-state index in [9.17, 15) is 22.4 Å². The normalized spacial score (nSPS) is 20.0. The molecule has 0 aliphatic carbocycles. The fraction of sp³-hybridized carbons (Fsp3) is 0.318. The lowest BCUT2D eigenvalue weighted by Gasteiger charge is -2.27. The van der Waals surface area contributed by atoms with Crippen LogP contribution in [0.5, 0.6) is 11.5 Å². The lowest BCUT2D eigenvalue weighted by molar-refractivity contribution is -0.133. The molecule has 0 bridgehead atoms. The summed E-state index contributed by atoms with van der Waals surface area (Å²) in [6, 6.07) is 12.2. The van der Waals surface area contributed by atoms with E-state index >= 15 is 0 Å². The highest BCUT2D eigenvalue weighted by molar-refractivity contribution is 7.91. The van der Waals surface area contributed by atoms with Gasteiger partial charge in [0.1, 0.15) is 23.0 Å². The lowest BCUT2D eigenvalue weighted by atomic mass is 10.1. The van der Waals surface area contributed by atoms with Crippen LogP contribution in [-0.4, -0.2) is 48.5 Å². The van der Waals surface area contributed by atoms with E-state index in [1.54, 1.807) is 24.3 Å². The standard InChI is InChI=1S/C22H22FN3O5S/c23-16-3-7-19(8-4-16)31-18-5-1-15(2-6-18)13-24-22(28)20-9-10-21(27)26(25-20)17-11-12-32(29,30)14-17/h1-8,17H,9-14H2,(H,24,28). The van der Waals surface area contributed by atoms with Crippen LogP contribution in [0.3, 0.4) is 0 Å². The summed E-state index contributed by atoms with van der Waals surface area (Å²) in [7, 11) is -3.17. The Labute approximate surface area is 185 Å². The number of hydrogen-bond donors (Lipinski definition) is 1. The molecule has 10 heteroatoms. The van der Waals surface area contributed by atoms with E-state index in [1.807, 2.05) is 0 Å². The molecule has 168 valence electrons. The molecule has 0 aromatic heterocycles. The first-order valence-electron chi connectivity index (χ1n) is 10.2. The topological polar surface area (TPSA) is 105 Å². The van der Waals surface area contributed by atoms with Crippen molar-refractivity contribution in [3.8, 4) is 11.5 Å². The van der Waals surface area contributed by atoms with Crippen LogP contribution < -0.4 is 10.1 Å². The summed E-state index contributed by atoms with van der Waals surface area (Å²) >= 11 is 0. The molecule has 4 rings (SSSR count). The minimum atomic E-state index is -3.17. The van der Waals surface area contributed by atoms with Gasteiger partial charge in [0.05, 0.1) is 17.5 Å². The Bertz CT molecular complexity index is 1150. The van der Waals surface area contributed by atoms with Crippen molar-refractivity contribution in [1.29, 1.82) is 0 Å². The highest BCUT2D eigenvalue weighted by Crippen LogP contribution is 2.23. The number of nitrogens with zero attached hydrogens (tertiary/aromatic N) is 2. The number of nitrogens with one attached hydrogen (secondary N) is 1. The number of carbonyl (C=O) groups is 2. The predicted molar refractivity (Wildman–Crippen MR) is 115 cm³/mol. The minimum Gasteiger partial charge on any atom is -0.457 e. The molecular formula is C22H22FN3O5S. The third-order valence-electron chi connectivity index (χ3n) is 5.30. The molecule has 1 atom stereocenters. The van der Waals surface area contributed by atoms with Crippen molar-refractivity contribution < 1.29 is 27.1 Å². The third kappa shape index (κ3) is 5.31. The van der Waals surface area contributed by atoms with Gasteiger partial charge in [-0.2, -0.15) is 5.10 Å². The Hall–Kier alpha value is -3.27. The van der Waals surface area contributed by atoms with Crippen molar-refractivity contribution in [2.45, 2.75) is 31.8 Å². The maximum absolute atomic E-state index is 13.0. The van der Waals surface area contributed by atoms with Crippen molar-refractivity contribution >= 4 is 27.4 Å². The smallest absolute Gasteiger partial charge is 0.267 e. The van der Waals surface area contributed by atoms with Crippen LogP contribution in [0.25, 0.3) is 0 Å². The molecule has 2 heterocycles. The zero-order valence-corrected chi connectivity index (χ0v) is 18.0. The lowest BCUT2D eigenvalue weighted by Crippen LogP contribution is -2.43. The van der Waals surface area contributed by atoms with Gasteiger partial charge in [-0.1, -0.05) is 12.1 Å². The molecular weight excluding hydrogens is 437 g/mol. The largest absolute Gasteiger partial charge is 0.457 e. The van der Waals surface area contributed by atoms with Crippen LogP contribution in [0.1, 0.15) is 24.8 Å². The molecule has 2 aromatic rings. The molecule has 32 heavy (non-hydrogen) atoms. The highest BCUT2D eigenvalue weighted by Gasteiger charge is 2.37. The van der Waals surface area contributed by atoms with Crippen LogP contribution in [0.2, 0.25) is 0 Å². The Kier molecular flexibility index (Phi) is 6.22. The van der Waals surface area contributed by atoms with Crippen LogP contribution in [0.15, 0.2) is 53.6 Å². The number of halogens is 1. The van der Waals surface area contributed by atoms with Crippen molar-refractivity contribution in [2.75, 3.05) is 11.5 Å². The molecule has 1 N–H and O–H groups in total. The highest BCUT2D eigenvalue weighted by atomic mass is 32.2. The van der Waals surface area contributed by atoms with Gasteiger partial charge in [-0.3, -0.25) is 9.59 Å². The van der Waals surface area contributed by atoms with Gasteiger partial charge in [0.15, 0.2) is 9.84 Å². The van der Waals surface area contributed by atoms with E-state index in [0.717, 1.165) is 5.56 Å². The predicted octanol–water partition coefficient (Wildman–Crippen LogP) is 2.40. The number of ether oxygens (including phenoxy) is 1. The van der Waals surface area contributed by atoms with Gasteiger partial charge in [0.25, 0.3) is 5.91 Å². The number of amides is 2. The molecule has 1 unspecified atom stereocenters. The first kappa shape index (κ1) is 21.9. The maximum atomic E-state index is 13.0. The Morgan fingerprint density at radius 3 is 2.38 bits per heavy atom. The molecule has 2 amide bonds. The third-order valence-corrected chi connectivity index (χ3v) is 7.05. The average molecular weight is 459 g/mol. The fourth-order valence-corrected chi connectivity index (χ4v) is 5.28. The number of hydrogen-bond acceptors (Lipinski definition) is 6. The molecule has 8 nitrogen and oxygen atoms in total. The quantitative estimate of drug-likeness (QED) is 0.714. The second-order valence-electron chi connectivity index (χ2n) is 7.72. The second-order valence-corrected chi connectivity index (χ2v) is 9.95. The first-order chi connectivity index (χ1) is 15.3. The Morgan fingerprint density at radius 1 is 1.09 bits per heavy atom. The molecule has 1 saturated heterocycles. The summed E-state index contributed by atoms with van der Waals surface area (Å²) in [4.78, 5) is 24.7. The van der Waals surface area contributed by atoms with E-state index < -0.39 is 21.8 Å². The van der Waals surface area contributed by atoms with Crippen molar-refractivity contribution in [3.63, 3.8) is 0 Å². The molecule has 2 aliphatic heterocycles. The van der Waals surface area contributed by atoms with Gasteiger partial charge in [-0.15, -0.1) is 0 Å². The molecule has 1 fully saturated rings. The molecule has 2 aromatic carbocycles. The van der Waals surface area contributed by atoms with Crippen molar-refractivity contribution in [3.05, 3.63) is 59.9 Å². The van der Waals surface area contributed by atoms with Crippen LogP contribution in [-0.2, 0) is 26.0 Å². The SMILES string of the molecule is O=C(NCc1ccc(Oc2ccc(F)cc2)cc1)C1=NN(C2CCS(=O)(=O)C2)C(=O)CC1. The van der Waals surface area contributed by atoms with E-state index in [0.29, 0.717) is 17.9 Å². The number of carbonyl (C=O) groups excluding carboxylic acids is 2. The number of sulfone groups is 1. The summed E-state index contributed by atoms with van der Waals surface area (Å²) < 4.78 is 42.0. The number of rotatable bonds is 6. The second kappa shape index (κ2) is 9.07. The fourth-order valence-electron chi connectivity index (χ4n) is 3.59. The molecule has 2 aliphatic rings. The van der Waals surface area contributed by atoms with Crippen LogP contribution in [0.4, 0.5) is 4.39 Å². The summed E-state index contributed by atoms with van der Waals surface area (Å²) in [5.74, 6) is -0.00820. The number of hydrazone groups is 1. The summed E-state index contributed by atoms with van der Waals surface area (Å²) in [6.07, 6.45) is 0.669. The Morgan fingerprint density at radius 2 is 1.75 bits per heavy atom. The molecule has 0 saturated carbocycles. The van der Waals surface area contributed by atoms with Gasteiger partial charge >= 0.3 is 0 Å². The van der Waals surface area contributed by atoms with E-state index in [-0.39, 0.29) is 48.3 Å². The van der Waals surface area contributed by atoms with Crippen LogP contribution in [0, 0.1) is 5.82 Å². The summed E-state index contributed by atoms with van der Waals surface area (Å²) in [5, 5.41) is 8.12. The van der Waals surface area contributed by atoms with Crippen LogP contribution >= 0.6 is 0 Å². The zero-order valence-electron chi connectivity index (χ0n) is 17.2. The average Bonchev–Trinajstić information content (AvgIpc) is 3.14. The maximum Gasteiger partial charge on any atom is 0.267 e. The Balaban J connectivity index is 1.34. The van der Waals surface area contributed by atoms with Crippen molar-refractivity contribution in [1.82, 2.24) is 10.3 Å². The first-order valence-corrected chi connectivity index (χ1v) is 12.0. The van der Waals surface area contributed by atoms with E-state index in [2.05, 4.69) is 10.4 Å². The van der Waals surface area contributed by atoms with Gasteiger partial charge in [0, 0.05) is 19.4 Å². The van der Waals surface area contributed by atoms with Gasteiger partial charge in [-0.25, -0.2) is 17.8 Å². The van der Waals surface area contributed by atoms with E-state index in [1.165, 1.54) is 29.3 Å². The molecule has 0 spiro atoms. The summed E-state index contributed by atoms with van der Waals surface area (Å²) in [5.41, 5.74) is 1.04.